The summed E-state index contributed by atoms with van der Waals surface area (Å²) >= 11 is 3.56. The molecule has 0 bridgehead atoms. The molecule has 0 unspecified atom stereocenters. The van der Waals surface area contributed by atoms with E-state index in [0.29, 0.717) is 0 Å². The van der Waals surface area contributed by atoms with Gasteiger partial charge in [-0.3, -0.25) is 4.90 Å². The van der Waals surface area contributed by atoms with Crippen molar-refractivity contribution in [2.75, 3.05) is 27.2 Å². The highest BCUT2D eigenvalue weighted by molar-refractivity contribution is 9.10. The maximum absolute atomic E-state index is 4.03. The SMILES string of the molecule is C=C(CNC)CN(C)Cc1ccccc1Br. The second kappa shape index (κ2) is 6.84. The second-order valence-electron chi connectivity index (χ2n) is 4.04. The number of rotatable bonds is 6. The average molecular weight is 283 g/mol. The Hall–Kier alpha value is -0.640. The highest BCUT2D eigenvalue weighted by atomic mass is 79.9. The maximum Gasteiger partial charge on any atom is 0.0245 e. The molecule has 0 spiro atoms. The maximum atomic E-state index is 4.03. The number of nitrogens with zero attached hydrogens (tertiary/aromatic N) is 1. The average Bonchev–Trinajstić information content (AvgIpc) is 2.21. The number of hydrogen-bond donors (Lipinski definition) is 1. The van der Waals surface area contributed by atoms with Gasteiger partial charge in [-0.15, -0.1) is 0 Å². The zero-order valence-electron chi connectivity index (χ0n) is 9.96. The van der Waals surface area contributed by atoms with Crippen molar-refractivity contribution >= 4 is 15.9 Å². The first-order chi connectivity index (χ1) is 7.63. The highest BCUT2D eigenvalue weighted by Crippen LogP contribution is 2.17. The van der Waals surface area contributed by atoms with Gasteiger partial charge in [0.05, 0.1) is 0 Å². The van der Waals surface area contributed by atoms with Gasteiger partial charge in [-0.05, 0) is 31.3 Å². The first kappa shape index (κ1) is 13.4. The van der Waals surface area contributed by atoms with E-state index in [1.807, 2.05) is 13.1 Å². The Morgan fingerprint density at radius 1 is 1.44 bits per heavy atom. The number of benzene rings is 1. The van der Waals surface area contributed by atoms with Gasteiger partial charge in [0.2, 0.25) is 0 Å². The summed E-state index contributed by atoms with van der Waals surface area (Å²) in [5, 5.41) is 3.11. The quantitative estimate of drug-likeness (QED) is 0.807. The minimum absolute atomic E-state index is 0.875. The zero-order chi connectivity index (χ0) is 12.0. The number of likely N-dealkylation sites (N-methyl/N-ethyl adjacent to an activating group) is 2. The largest absolute Gasteiger partial charge is 0.316 e. The van der Waals surface area contributed by atoms with Gasteiger partial charge < -0.3 is 5.32 Å². The van der Waals surface area contributed by atoms with Crippen LogP contribution in [0.25, 0.3) is 0 Å². The van der Waals surface area contributed by atoms with Crippen LogP contribution in [0.4, 0.5) is 0 Å². The molecular formula is C13H19BrN2. The lowest BCUT2D eigenvalue weighted by molar-refractivity contribution is 0.352. The van der Waals surface area contributed by atoms with Crippen LogP contribution in [0.1, 0.15) is 5.56 Å². The molecule has 0 amide bonds. The molecular weight excluding hydrogens is 264 g/mol. The number of hydrogen-bond acceptors (Lipinski definition) is 2. The minimum atomic E-state index is 0.875. The molecule has 3 heteroatoms. The fourth-order valence-corrected chi connectivity index (χ4v) is 2.07. The summed E-state index contributed by atoms with van der Waals surface area (Å²) in [5.74, 6) is 0. The Bertz CT molecular complexity index is 350. The Balaban J connectivity index is 2.48. The summed E-state index contributed by atoms with van der Waals surface area (Å²) in [4.78, 5) is 2.26. The summed E-state index contributed by atoms with van der Waals surface area (Å²) in [6, 6.07) is 8.32. The van der Waals surface area contributed by atoms with Crippen LogP contribution in [-0.2, 0) is 6.54 Å². The minimum Gasteiger partial charge on any atom is -0.316 e. The summed E-state index contributed by atoms with van der Waals surface area (Å²) in [7, 11) is 4.05. The van der Waals surface area contributed by atoms with E-state index in [9.17, 15) is 0 Å². The molecule has 0 fully saturated rings. The molecule has 0 aromatic heterocycles. The fourth-order valence-electron chi connectivity index (χ4n) is 1.66. The molecule has 0 radical (unpaired) electrons. The number of nitrogens with one attached hydrogen (secondary N) is 1. The molecule has 0 saturated carbocycles. The molecule has 16 heavy (non-hydrogen) atoms. The summed E-state index contributed by atoms with van der Waals surface area (Å²) in [5.41, 5.74) is 2.51. The van der Waals surface area contributed by atoms with E-state index in [4.69, 9.17) is 0 Å². The molecule has 0 aliphatic rings. The van der Waals surface area contributed by atoms with Crippen LogP contribution in [0.2, 0.25) is 0 Å². The van der Waals surface area contributed by atoms with Crippen molar-refractivity contribution in [3.8, 4) is 0 Å². The van der Waals surface area contributed by atoms with E-state index in [2.05, 4.69) is 58.0 Å². The van der Waals surface area contributed by atoms with Crippen LogP contribution in [-0.4, -0.2) is 32.1 Å². The van der Waals surface area contributed by atoms with Crippen molar-refractivity contribution < 1.29 is 0 Å². The Kier molecular flexibility index (Phi) is 5.74. The van der Waals surface area contributed by atoms with Crippen LogP contribution in [0, 0.1) is 0 Å². The van der Waals surface area contributed by atoms with Gasteiger partial charge in [-0.25, -0.2) is 0 Å². The molecule has 0 saturated heterocycles. The molecule has 0 atom stereocenters. The van der Waals surface area contributed by atoms with Crippen LogP contribution in [0.3, 0.4) is 0 Å². The van der Waals surface area contributed by atoms with Gasteiger partial charge >= 0.3 is 0 Å². The van der Waals surface area contributed by atoms with E-state index >= 15 is 0 Å². The highest BCUT2D eigenvalue weighted by Gasteiger charge is 2.04. The lowest BCUT2D eigenvalue weighted by atomic mass is 10.2. The third kappa shape index (κ3) is 4.47. The lowest BCUT2D eigenvalue weighted by Crippen LogP contribution is -2.24. The molecule has 1 aromatic rings. The Labute approximate surface area is 106 Å². The first-order valence-corrected chi connectivity index (χ1v) is 6.16. The zero-order valence-corrected chi connectivity index (χ0v) is 11.5. The molecule has 88 valence electrons. The topological polar surface area (TPSA) is 15.3 Å². The predicted octanol–water partition coefficient (Wildman–Crippen LogP) is 2.66. The summed E-state index contributed by atoms with van der Waals surface area (Å²) in [6.07, 6.45) is 0. The third-order valence-electron chi connectivity index (χ3n) is 2.32. The van der Waals surface area contributed by atoms with Crippen LogP contribution in [0.5, 0.6) is 0 Å². The van der Waals surface area contributed by atoms with Crippen molar-refractivity contribution in [1.29, 1.82) is 0 Å². The molecule has 0 aliphatic heterocycles. The van der Waals surface area contributed by atoms with E-state index in [1.54, 1.807) is 0 Å². The van der Waals surface area contributed by atoms with Crippen molar-refractivity contribution in [3.05, 3.63) is 46.5 Å². The first-order valence-electron chi connectivity index (χ1n) is 5.36. The Morgan fingerprint density at radius 2 is 2.12 bits per heavy atom. The fraction of sp³-hybridized carbons (Fsp3) is 0.385. The third-order valence-corrected chi connectivity index (χ3v) is 3.09. The van der Waals surface area contributed by atoms with Crippen LogP contribution >= 0.6 is 15.9 Å². The summed E-state index contributed by atoms with van der Waals surface area (Å²) in [6.45, 7) is 6.76. The Morgan fingerprint density at radius 3 is 2.75 bits per heavy atom. The van der Waals surface area contributed by atoms with Gasteiger partial charge in [0, 0.05) is 24.1 Å². The van der Waals surface area contributed by atoms with E-state index in [-0.39, 0.29) is 0 Å². The lowest BCUT2D eigenvalue weighted by Gasteiger charge is -2.18. The van der Waals surface area contributed by atoms with Crippen molar-refractivity contribution in [1.82, 2.24) is 10.2 Å². The molecule has 1 N–H and O–H groups in total. The van der Waals surface area contributed by atoms with Crippen LogP contribution in [0.15, 0.2) is 40.9 Å². The van der Waals surface area contributed by atoms with Crippen LogP contribution < -0.4 is 5.32 Å². The van der Waals surface area contributed by atoms with Crippen molar-refractivity contribution in [2.24, 2.45) is 0 Å². The van der Waals surface area contributed by atoms with Gasteiger partial charge in [-0.1, -0.05) is 40.7 Å². The summed E-state index contributed by atoms with van der Waals surface area (Å²) < 4.78 is 1.17. The molecule has 1 aromatic carbocycles. The van der Waals surface area contributed by atoms with Gasteiger partial charge in [0.25, 0.3) is 0 Å². The normalized spacial score (nSPS) is 10.8. The second-order valence-corrected chi connectivity index (χ2v) is 4.90. The predicted molar refractivity (Wildman–Crippen MR) is 73.5 cm³/mol. The van der Waals surface area contributed by atoms with Gasteiger partial charge in [-0.2, -0.15) is 0 Å². The smallest absolute Gasteiger partial charge is 0.0245 e. The van der Waals surface area contributed by atoms with Gasteiger partial charge in [0.15, 0.2) is 0 Å². The van der Waals surface area contributed by atoms with E-state index < -0.39 is 0 Å². The van der Waals surface area contributed by atoms with Crippen molar-refractivity contribution in [2.45, 2.75) is 6.54 Å². The molecule has 0 heterocycles. The van der Waals surface area contributed by atoms with E-state index in [1.165, 1.54) is 15.6 Å². The van der Waals surface area contributed by atoms with E-state index in [0.717, 1.165) is 19.6 Å². The number of halogens is 1. The standard InChI is InChI=1S/C13H19BrN2/c1-11(8-15-2)9-16(3)10-12-6-4-5-7-13(12)14/h4-7,15H,1,8-10H2,2-3H3. The molecule has 0 aliphatic carbocycles. The van der Waals surface area contributed by atoms with Crippen molar-refractivity contribution in [3.63, 3.8) is 0 Å². The molecule has 2 nitrogen and oxygen atoms in total. The van der Waals surface area contributed by atoms with Gasteiger partial charge in [0.1, 0.15) is 0 Å². The molecule has 1 rings (SSSR count). The monoisotopic (exact) mass is 282 g/mol.